The summed E-state index contributed by atoms with van der Waals surface area (Å²) in [6.45, 7) is 9.92. The molecule has 0 amide bonds. The number of nitrogens with zero attached hydrogens (tertiary/aromatic N) is 2. The van der Waals surface area contributed by atoms with Crippen molar-refractivity contribution in [2.75, 3.05) is 0 Å². The highest BCUT2D eigenvalue weighted by molar-refractivity contribution is 5.77. The molecule has 0 atom stereocenters. The van der Waals surface area contributed by atoms with Crippen LogP contribution in [-0.4, -0.2) is 9.55 Å². The highest BCUT2D eigenvalue weighted by Crippen LogP contribution is 2.73. The van der Waals surface area contributed by atoms with Gasteiger partial charge in [-0.15, -0.1) is 0 Å². The maximum absolute atomic E-state index is 5.73. The summed E-state index contributed by atoms with van der Waals surface area (Å²) >= 11 is 0. The van der Waals surface area contributed by atoms with Crippen molar-refractivity contribution in [3.63, 3.8) is 0 Å². The number of hydrogen-bond acceptors (Lipinski definition) is 2. The van der Waals surface area contributed by atoms with Crippen molar-refractivity contribution in [3.8, 4) is 0 Å². The number of hydrogen-bond donors (Lipinski definition) is 1. The van der Waals surface area contributed by atoms with E-state index in [-0.39, 0.29) is 0 Å². The molecule has 0 bridgehead atoms. The number of benzene rings is 1. The van der Waals surface area contributed by atoms with Gasteiger partial charge in [0.2, 0.25) is 0 Å². The average molecular weight is 257 g/mol. The van der Waals surface area contributed by atoms with Gasteiger partial charge in [-0.25, -0.2) is 4.98 Å². The molecule has 1 aromatic carbocycles. The highest BCUT2D eigenvalue weighted by Gasteiger charge is 2.66. The monoisotopic (exact) mass is 257 g/mol. The van der Waals surface area contributed by atoms with Crippen LogP contribution in [0.5, 0.6) is 0 Å². The number of fused-ring (bicyclic) bond motifs is 1. The molecule has 2 aromatic rings. The Bertz CT molecular complexity index is 635. The number of nitrogens with two attached hydrogens (primary N) is 1. The van der Waals surface area contributed by atoms with Crippen LogP contribution in [0, 0.1) is 10.8 Å². The third-order valence-electron chi connectivity index (χ3n) is 5.49. The van der Waals surface area contributed by atoms with Gasteiger partial charge in [-0.05, 0) is 28.5 Å². The quantitative estimate of drug-likeness (QED) is 0.898. The largest absolute Gasteiger partial charge is 0.331 e. The van der Waals surface area contributed by atoms with Crippen molar-refractivity contribution < 1.29 is 0 Å². The lowest BCUT2D eigenvalue weighted by Gasteiger charge is -2.04. The zero-order chi connectivity index (χ0) is 14.0. The second-order valence-electron chi connectivity index (χ2n) is 6.93. The molecule has 0 saturated heterocycles. The van der Waals surface area contributed by atoms with Gasteiger partial charge in [0, 0.05) is 19.5 Å². The predicted molar refractivity (Wildman–Crippen MR) is 78.9 cm³/mol. The van der Waals surface area contributed by atoms with E-state index in [1.54, 1.807) is 0 Å². The molecule has 1 aliphatic carbocycles. The van der Waals surface area contributed by atoms with Crippen molar-refractivity contribution in [3.05, 3.63) is 29.6 Å². The van der Waals surface area contributed by atoms with E-state index in [1.165, 1.54) is 11.3 Å². The first kappa shape index (κ1) is 12.7. The van der Waals surface area contributed by atoms with E-state index in [1.807, 2.05) is 0 Å². The van der Waals surface area contributed by atoms with Crippen molar-refractivity contribution >= 4 is 11.0 Å². The van der Waals surface area contributed by atoms with Crippen molar-refractivity contribution in [1.29, 1.82) is 0 Å². The number of aryl methyl sites for hydroxylation is 1. The second-order valence-corrected chi connectivity index (χ2v) is 6.93. The molecular formula is C16H23N3. The van der Waals surface area contributed by atoms with Crippen LogP contribution < -0.4 is 5.73 Å². The van der Waals surface area contributed by atoms with Gasteiger partial charge in [0.15, 0.2) is 0 Å². The predicted octanol–water partition coefficient (Wildman–Crippen LogP) is 3.18. The fourth-order valence-corrected chi connectivity index (χ4v) is 3.48. The Morgan fingerprint density at radius 2 is 1.84 bits per heavy atom. The summed E-state index contributed by atoms with van der Waals surface area (Å²) in [5.74, 6) is 1.73. The summed E-state index contributed by atoms with van der Waals surface area (Å²) in [5, 5.41) is 0. The molecule has 2 N–H and O–H groups in total. The Labute approximate surface area is 114 Å². The number of rotatable bonds is 2. The Hall–Kier alpha value is -1.35. The van der Waals surface area contributed by atoms with Gasteiger partial charge < -0.3 is 10.3 Å². The molecule has 1 aromatic heterocycles. The average Bonchev–Trinajstić information content (AvgIpc) is 2.63. The molecule has 3 nitrogen and oxygen atoms in total. The minimum atomic E-state index is 0.318. The molecule has 1 fully saturated rings. The zero-order valence-electron chi connectivity index (χ0n) is 12.5. The van der Waals surface area contributed by atoms with Gasteiger partial charge in [0.05, 0.1) is 11.0 Å². The van der Waals surface area contributed by atoms with Gasteiger partial charge in [-0.3, -0.25) is 0 Å². The second kappa shape index (κ2) is 3.60. The van der Waals surface area contributed by atoms with E-state index < -0.39 is 0 Å². The molecule has 1 heterocycles. The SMILES string of the molecule is Cn1c(C2C(C)(C)C2(C)C)nc2ccc(CN)cc21. The Kier molecular flexibility index (Phi) is 2.40. The molecule has 1 aliphatic rings. The first-order valence-electron chi connectivity index (χ1n) is 6.96. The summed E-state index contributed by atoms with van der Waals surface area (Å²) in [7, 11) is 2.12. The fraction of sp³-hybridized carbons (Fsp3) is 0.562. The van der Waals surface area contributed by atoms with E-state index in [4.69, 9.17) is 10.7 Å². The molecule has 102 valence electrons. The Morgan fingerprint density at radius 1 is 1.21 bits per heavy atom. The minimum absolute atomic E-state index is 0.318. The molecule has 19 heavy (non-hydrogen) atoms. The lowest BCUT2D eigenvalue weighted by Crippen LogP contribution is -2.00. The maximum atomic E-state index is 5.73. The molecule has 3 rings (SSSR count). The van der Waals surface area contributed by atoms with Crippen LogP contribution in [0.1, 0.15) is 45.0 Å². The van der Waals surface area contributed by atoms with Crippen molar-refractivity contribution in [1.82, 2.24) is 9.55 Å². The van der Waals surface area contributed by atoms with E-state index >= 15 is 0 Å². The van der Waals surface area contributed by atoms with Crippen LogP contribution in [0.25, 0.3) is 11.0 Å². The normalized spacial score (nSPS) is 20.9. The fourth-order valence-electron chi connectivity index (χ4n) is 3.48. The summed E-state index contributed by atoms with van der Waals surface area (Å²) in [6, 6.07) is 6.32. The van der Waals surface area contributed by atoms with Crippen LogP contribution in [0.2, 0.25) is 0 Å². The van der Waals surface area contributed by atoms with Crippen LogP contribution in [0.4, 0.5) is 0 Å². The Balaban J connectivity index is 2.15. The molecule has 3 heteroatoms. The van der Waals surface area contributed by atoms with Crippen LogP contribution in [-0.2, 0) is 13.6 Å². The zero-order valence-corrected chi connectivity index (χ0v) is 12.5. The van der Waals surface area contributed by atoms with Crippen molar-refractivity contribution in [2.24, 2.45) is 23.6 Å². The molecule has 0 spiro atoms. The first-order chi connectivity index (χ1) is 8.80. The van der Waals surface area contributed by atoms with Crippen LogP contribution >= 0.6 is 0 Å². The topological polar surface area (TPSA) is 43.8 Å². The van der Waals surface area contributed by atoms with Gasteiger partial charge in [0.25, 0.3) is 0 Å². The smallest absolute Gasteiger partial charge is 0.113 e. The number of aromatic nitrogens is 2. The van der Waals surface area contributed by atoms with E-state index in [9.17, 15) is 0 Å². The molecule has 0 aliphatic heterocycles. The molecule has 1 saturated carbocycles. The third-order valence-corrected chi connectivity index (χ3v) is 5.49. The summed E-state index contributed by atoms with van der Waals surface area (Å²) < 4.78 is 2.25. The van der Waals surface area contributed by atoms with Crippen molar-refractivity contribution in [2.45, 2.75) is 40.2 Å². The highest BCUT2D eigenvalue weighted by atomic mass is 15.1. The lowest BCUT2D eigenvalue weighted by molar-refractivity contribution is 0.457. The van der Waals surface area contributed by atoms with Crippen LogP contribution in [0.15, 0.2) is 18.2 Å². The third kappa shape index (κ3) is 1.51. The lowest BCUT2D eigenvalue weighted by atomic mass is 10.0. The van der Waals surface area contributed by atoms with E-state index in [0.717, 1.165) is 11.1 Å². The standard InChI is InChI=1S/C16H23N3/c1-15(2)13(16(15,3)4)14-18-11-7-6-10(9-17)8-12(11)19(14)5/h6-8,13H,9,17H2,1-5H3. The Morgan fingerprint density at radius 3 is 2.37 bits per heavy atom. The van der Waals surface area contributed by atoms with Crippen LogP contribution in [0.3, 0.4) is 0 Å². The van der Waals surface area contributed by atoms with Gasteiger partial charge >= 0.3 is 0 Å². The van der Waals surface area contributed by atoms with Gasteiger partial charge in [-0.1, -0.05) is 33.8 Å². The number of imidazole rings is 1. The summed E-state index contributed by atoms with van der Waals surface area (Å²) in [6.07, 6.45) is 0. The first-order valence-corrected chi connectivity index (χ1v) is 6.96. The molecule has 0 radical (unpaired) electrons. The van der Waals surface area contributed by atoms with Gasteiger partial charge in [0.1, 0.15) is 5.82 Å². The summed E-state index contributed by atoms with van der Waals surface area (Å²) in [5.41, 5.74) is 9.79. The van der Waals surface area contributed by atoms with E-state index in [0.29, 0.717) is 23.3 Å². The summed E-state index contributed by atoms with van der Waals surface area (Å²) in [4.78, 5) is 4.86. The maximum Gasteiger partial charge on any atom is 0.113 e. The van der Waals surface area contributed by atoms with Gasteiger partial charge in [-0.2, -0.15) is 0 Å². The molecule has 0 unspecified atom stereocenters. The molecular weight excluding hydrogens is 234 g/mol. The minimum Gasteiger partial charge on any atom is -0.331 e. The van der Waals surface area contributed by atoms with E-state index in [2.05, 4.69) is 57.5 Å².